The third kappa shape index (κ3) is 5.96. The van der Waals surface area contributed by atoms with Gasteiger partial charge in [0.15, 0.2) is 5.82 Å². The largest absolute Gasteiger partial charge is 0.494 e. The minimum absolute atomic E-state index is 0.199. The molecular weight excluding hydrogens is 568 g/mol. The minimum atomic E-state index is -0.835. The minimum Gasteiger partial charge on any atom is -0.494 e. The fourth-order valence-electron chi connectivity index (χ4n) is 5.10. The van der Waals surface area contributed by atoms with Gasteiger partial charge in [0.05, 0.1) is 36.8 Å². The highest BCUT2D eigenvalue weighted by Gasteiger charge is 2.32. The zero-order valence-corrected chi connectivity index (χ0v) is 24.3. The van der Waals surface area contributed by atoms with E-state index in [4.69, 9.17) is 21.2 Å². The highest BCUT2D eigenvalue weighted by Crippen LogP contribution is 2.41. The maximum Gasteiger partial charge on any atom is 0.247 e. The Bertz CT molecular complexity index is 1490. The molecule has 1 amide bonds. The Morgan fingerprint density at radius 1 is 1.21 bits per heavy atom. The maximum atomic E-state index is 14.9. The molecule has 2 atom stereocenters. The van der Waals surface area contributed by atoms with Gasteiger partial charge in [-0.1, -0.05) is 24.2 Å². The fraction of sp³-hybridized carbons (Fsp3) is 0.345. The Kier molecular flexibility index (Phi) is 8.76. The zero-order valence-electron chi connectivity index (χ0n) is 23.5. The fourth-order valence-corrected chi connectivity index (χ4v) is 5.27. The van der Waals surface area contributed by atoms with Crippen molar-refractivity contribution >= 4 is 46.2 Å². The summed E-state index contributed by atoms with van der Waals surface area (Å²) in [6.45, 7) is 8.46. The maximum absolute atomic E-state index is 14.9. The van der Waals surface area contributed by atoms with Gasteiger partial charge in [-0.05, 0) is 32.2 Å². The monoisotopic (exact) mass is 599 g/mol. The molecule has 0 saturated carbocycles. The molecule has 2 aliphatic heterocycles. The zero-order chi connectivity index (χ0) is 30.0. The first-order chi connectivity index (χ1) is 20.2. The molecule has 0 radical (unpaired) electrons. The van der Waals surface area contributed by atoms with Crippen LogP contribution in [0.25, 0.3) is 0 Å². The number of anilines is 5. The molecule has 0 aliphatic carbocycles. The molecule has 3 heterocycles. The van der Waals surface area contributed by atoms with Crippen LogP contribution in [0.5, 0.6) is 5.75 Å². The summed E-state index contributed by atoms with van der Waals surface area (Å²) in [5.41, 5.74) is 2.15. The number of ether oxygens (including phenoxy) is 1. The van der Waals surface area contributed by atoms with E-state index in [-0.39, 0.29) is 11.5 Å². The number of hydrogen-bond donors (Lipinski definition) is 2. The van der Waals surface area contributed by atoms with Crippen LogP contribution in [0.1, 0.15) is 24.9 Å². The summed E-state index contributed by atoms with van der Waals surface area (Å²) in [6, 6.07) is 7.53. The lowest BCUT2D eigenvalue weighted by molar-refractivity contribution is -0.111. The highest BCUT2D eigenvalue weighted by molar-refractivity contribution is 6.31. The van der Waals surface area contributed by atoms with Gasteiger partial charge in [-0.15, -0.1) is 0 Å². The van der Waals surface area contributed by atoms with Crippen LogP contribution in [0.4, 0.5) is 37.5 Å². The van der Waals surface area contributed by atoms with E-state index in [1.54, 1.807) is 19.2 Å². The number of rotatable bonds is 8. The molecule has 2 unspecified atom stereocenters. The van der Waals surface area contributed by atoms with E-state index in [2.05, 4.69) is 51.0 Å². The van der Waals surface area contributed by atoms with Gasteiger partial charge in [0, 0.05) is 49.8 Å². The molecule has 222 valence electrons. The molecule has 10 nitrogen and oxygen atoms in total. The number of hydroxylamine groups is 1. The van der Waals surface area contributed by atoms with Crippen LogP contribution in [0.3, 0.4) is 0 Å². The van der Waals surface area contributed by atoms with Gasteiger partial charge < -0.3 is 25.2 Å². The summed E-state index contributed by atoms with van der Waals surface area (Å²) in [4.78, 5) is 31.3. The van der Waals surface area contributed by atoms with Crippen LogP contribution in [0, 0.1) is 11.6 Å². The van der Waals surface area contributed by atoms with E-state index in [1.807, 2.05) is 6.07 Å². The first-order valence-corrected chi connectivity index (χ1v) is 13.8. The molecule has 2 saturated heterocycles. The molecule has 0 spiro atoms. The number of carbonyl (C=O) groups excluding carboxylic acids is 1. The number of carbonyl (C=O) groups is 1. The molecule has 3 aromatic rings. The van der Waals surface area contributed by atoms with Crippen LogP contribution >= 0.6 is 11.6 Å². The van der Waals surface area contributed by atoms with Gasteiger partial charge in [0.2, 0.25) is 5.91 Å². The van der Waals surface area contributed by atoms with Crippen molar-refractivity contribution in [3.8, 4) is 5.75 Å². The van der Waals surface area contributed by atoms with E-state index in [0.717, 1.165) is 31.4 Å². The van der Waals surface area contributed by atoms with Crippen LogP contribution < -0.4 is 25.3 Å². The molecule has 5 rings (SSSR count). The number of aromatic nitrogens is 2. The molecule has 42 heavy (non-hydrogen) atoms. The molecule has 2 N–H and O–H groups in total. The van der Waals surface area contributed by atoms with E-state index in [0.29, 0.717) is 47.8 Å². The van der Waals surface area contributed by atoms with Crippen molar-refractivity contribution in [2.45, 2.75) is 25.4 Å². The van der Waals surface area contributed by atoms with Crippen molar-refractivity contribution in [3.63, 3.8) is 0 Å². The Balaban J connectivity index is 1.45. The second kappa shape index (κ2) is 12.5. The predicted molar refractivity (Wildman–Crippen MR) is 159 cm³/mol. The molecule has 2 aromatic carbocycles. The average molecular weight is 600 g/mol. The van der Waals surface area contributed by atoms with Gasteiger partial charge in [-0.3, -0.25) is 9.63 Å². The van der Waals surface area contributed by atoms with Crippen molar-refractivity contribution in [1.82, 2.24) is 14.9 Å². The number of benzene rings is 2. The van der Waals surface area contributed by atoms with Gasteiger partial charge >= 0.3 is 0 Å². The molecule has 0 bridgehead atoms. The van der Waals surface area contributed by atoms with Crippen molar-refractivity contribution in [2.75, 3.05) is 61.0 Å². The van der Waals surface area contributed by atoms with Crippen LogP contribution in [-0.4, -0.2) is 67.2 Å². The molecular formula is C29H32ClF2N7O3. The quantitative estimate of drug-likeness (QED) is 0.264. The second-order valence-electron chi connectivity index (χ2n) is 10.2. The summed E-state index contributed by atoms with van der Waals surface area (Å²) in [5.74, 6) is -0.721. The summed E-state index contributed by atoms with van der Waals surface area (Å²) < 4.78 is 34.4. The van der Waals surface area contributed by atoms with Crippen molar-refractivity contribution in [1.29, 1.82) is 0 Å². The Morgan fingerprint density at radius 2 is 2.02 bits per heavy atom. The Labute approximate surface area is 247 Å². The summed E-state index contributed by atoms with van der Waals surface area (Å²) in [5, 5.41) is 7.05. The SMILES string of the molecule is C=CC(=O)Nc1cc(Nc2cc(N3OCCC3c3ccc(F)c(Cl)c3F)ncn2)c(OC)cc1N1CCN(C)C(C)C1. The number of hydrogen-bond acceptors (Lipinski definition) is 9. The van der Waals surface area contributed by atoms with Crippen LogP contribution in [0.2, 0.25) is 5.02 Å². The second-order valence-corrected chi connectivity index (χ2v) is 10.5. The van der Waals surface area contributed by atoms with Crippen LogP contribution in [0.15, 0.2) is 49.3 Å². The van der Waals surface area contributed by atoms with E-state index >= 15 is 0 Å². The van der Waals surface area contributed by atoms with Crippen LogP contribution in [-0.2, 0) is 9.63 Å². The summed E-state index contributed by atoms with van der Waals surface area (Å²) in [7, 11) is 3.65. The molecule has 1 aromatic heterocycles. The highest BCUT2D eigenvalue weighted by atomic mass is 35.5. The lowest BCUT2D eigenvalue weighted by Gasteiger charge is -2.39. The third-order valence-electron chi connectivity index (χ3n) is 7.53. The topological polar surface area (TPSA) is 95.1 Å². The van der Waals surface area contributed by atoms with Gasteiger partial charge in [-0.25, -0.2) is 23.8 Å². The lowest BCUT2D eigenvalue weighted by atomic mass is 10.0. The molecule has 2 fully saturated rings. The number of halogens is 3. The average Bonchev–Trinajstić information content (AvgIpc) is 3.47. The van der Waals surface area contributed by atoms with Gasteiger partial charge in [0.1, 0.15) is 34.6 Å². The smallest absolute Gasteiger partial charge is 0.247 e. The third-order valence-corrected chi connectivity index (χ3v) is 7.88. The number of likely N-dealkylation sites (N-methyl/N-ethyl adjacent to an activating group) is 1. The van der Waals surface area contributed by atoms with Gasteiger partial charge in [-0.2, -0.15) is 0 Å². The number of methoxy groups -OCH3 is 1. The van der Waals surface area contributed by atoms with E-state index < -0.39 is 22.7 Å². The van der Waals surface area contributed by atoms with Gasteiger partial charge in [0.25, 0.3) is 0 Å². The first-order valence-electron chi connectivity index (χ1n) is 13.4. The lowest BCUT2D eigenvalue weighted by Crippen LogP contribution is -2.50. The molecule has 13 heteroatoms. The van der Waals surface area contributed by atoms with E-state index in [9.17, 15) is 13.6 Å². The summed E-state index contributed by atoms with van der Waals surface area (Å²) in [6.07, 6.45) is 3.00. The predicted octanol–water partition coefficient (Wildman–Crippen LogP) is 5.31. The number of nitrogens with one attached hydrogen (secondary N) is 2. The first kappa shape index (κ1) is 29.5. The van der Waals surface area contributed by atoms with Crippen molar-refractivity contribution in [2.24, 2.45) is 0 Å². The molecule has 2 aliphatic rings. The normalized spacial score (nSPS) is 19.1. The number of nitrogens with zero attached hydrogens (tertiary/aromatic N) is 5. The Morgan fingerprint density at radius 3 is 2.76 bits per heavy atom. The standard InChI is InChI=1S/C29H32ClF2N7O3/c1-5-27(40)36-20-12-21(24(41-4)13-23(20)38-10-9-37(3)17(2)15-38)35-25-14-26(34-16-33-25)39-22(8-11-42-39)18-6-7-19(31)28(30)29(18)32/h5-7,12-14,16-17,22H,1,8-11,15H2,2-4H3,(H,36,40)(H,33,34,35). The van der Waals surface area contributed by atoms with E-state index in [1.165, 1.54) is 23.5 Å². The number of amides is 1. The number of piperazine rings is 1. The van der Waals surface area contributed by atoms with Crippen molar-refractivity contribution in [3.05, 3.63) is 71.5 Å². The Hall–Kier alpha value is -4.00. The summed E-state index contributed by atoms with van der Waals surface area (Å²) >= 11 is 5.83. The van der Waals surface area contributed by atoms with Crippen molar-refractivity contribution < 1.29 is 23.1 Å².